The van der Waals surface area contributed by atoms with E-state index in [0.717, 1.165) is 10.7 Å². The molecule has 0 spiro atoms. The molecule has 1 rings (SSSR count). The fraction of sp³-hybridized carbons (Fsp3) is 0. The van der Waals surface area contributed by atoms with Gasteiger partial charge in [-0.1, -0.05) is 11.6 Å². The molecule has 0 aliphatic heterocycles. The summed E-state index contributed by atoms with van der Waals surface area (Å²) in [6, 6.07) is 0. The van der Waals surface area contributed by atoms with Gasteiger partial charge in [-0.15, -0.1) is 11.3 Å². The molecule has 0 bridgehead atoms. The van der Waals surface area contributed by atoms with Crippen LogP contribution in [0.15, 0.2) is 5.38 Å². The minimum Gasteiger partial charge on any atom is -0.322 e. The standard InChI is InChI=1S/C4H3ClINS/c5-2-1-8-4(6)3(2)7/h1H,7H2/p+1. The molecule has 1 aromatic rings. The van der Waals surface area contributed by atoms with Crippen molar-refractivity contribution in [3.63, 3.8) is 0 Å². The molecule has 4 heteroatoms. The Hall–Kier alpha value is 0.680. The highest BCUT2D eigenvalue weighted by Crippen LogP contribution is 2.28. The molecule has 0 atom stereocenters. The predicted molar refractivity (Wildman–Crippen MR) is 44.6 cm³/mol. The third kappa shape index (κ3) is 1.15. The van der Waals surface area contributed by atoms with E-state index in [2.05, 4.69) is 28.3 Å². The van der Waals surface area contributed by atoms with Crippen molar-refractivity contribution in [3.8, 4) is 0 Å². The number of quaternary nitrogens is 1. The van der Waals surface area contributed by atoms with Gasteiger partial charge in [0.05, 0.1) is 0 Å². The second kappa shape index (κ2) is 2.51. The Morgan fingerprint density at radius 3 is 2.50 bits per heavy atom. The average molecular weight is 261 g/mol. The number of hydrogen-bond donors (Lipinski definition) is 1. The zero-order valence-corrected chi connectivity index (χ0v) is 7.68. The van der Waals surface area contributed by atoms with Crippen molar-refractivity contribution in [1.29, 1.82) is 0 Å². The van der Waals surface area contributed by atoms with Crippen LogP contribution in [0.3, 0.4) is 0 Å². The predicted octanol–water partition coefficient (Wildman–Crippen LogP) is 1.88. The Morgan fingerprint density at radius 2 is 2.38 bits per heavy atom. The highest BCUT2D eigenvalue weighted by atomic mass is 127. The van der Waals surface area contributed by atoms with Gasteiger partial charge in [0.1, 0.15) is 7.91 Å². The smallest absolute Gasteiger partial charge is 0.171 e. The van der Waals surface area contributed by atoms with E-state index in [4.69, 9.17) is 11.6 Å². The molecule has 1 nitrogen and oxygen atoms in total. The summed E-state index contributed by atoms with van der Waals surface area (Å²) in [6.07, 6.45) is 0. The van der Waals surface area contributed by atoms with Crippen LogP contribution >= 0.6 is 45.5 Å². The van der Waals surface area contributed by atoms with Crippen LogP contribution in [0.4, 0.5) is 5.69 Å². The lowest BCUT2D eigenvalue weighted by molar-refractivity contribution is -0.255. The van der Waals surface area contributed by atoms with Crippen LogP contribution < -0.4 is 5.73 Å². The van der Waals surface area contributed by atoms with E-state index in [0.29, 0.717) is 0 Å². The van der Waals surface area contributed by atoms with Gasteiger partial charge >= 0.3 is 0 Å². The van der Waals surface area contributed by atoms with Gasteiger partial charge in [-0.2, -0.15) is 0 Å². The second-order valence-electron chi connectivity index (χ2n) is 1.34. The summed E-state index contributed by atoms with van der Waals surface area (Å²) in [5.74, 6) is 0. The van der Waals surface area contributed by atoms with Gasteiger partial charge < -0.3 is 5.73 Å². The van der Waals surface area contributed by atoms with E-state index in [1.54, 1.807) is 11.3 Å². The van der Waals surface area contributed by atoms with Gasteiger partial charge in [-0.05, 0) is 22.6 Å². The molecule has 0 aliphatic rings. The maximum Gasteiger partial charge on any atom is 0.171 e. The highest BCUT2D eigenvalue weighted by Gasteiger charge is 2.04. The Labute approximate surface area is 70.0 Å². The molecule has 0 amide bonds. The summed E-state index contributed by atoms with van der Waals surface area (Å²) < 4.78 is 1.17. The lowest BCUT2D eigenvalue weighted by Gasteiger charge is -1.78. The van der Waals surface area contributed by atoms with Crippen LogP contribution in [0.25, 0.3) is 0 Å². The number of rotatable bonds is 0. The van der Waals surface area contributed by atoms with Crippen LogP contribution in [0, 0.1) is 2.88 Å². The SMILES string of the molecule is [NH3+]c1c(Cl)csc1I. The Morgan fingerprint density at radius 1 is 1.75 bits per heavy atom. The van der Waals surface area contributed by atoms with E-state index in [1.807, 2.05) is 5.38 Å². The summed E-state index contributed by atoms with van der Waals surface area (Å²) in [6.45, 7) is 0. The first-order valence-corrected chi connectivity index (χ1v) is 4.30. The minimum atomic E-state index is 0.777. The number of hydrogen-bond acceptors (Lipinski definition) is 1. The molecule has 0 radical (unpaired) electrons. The molecule has 44 valence electrons. The van der Waals surface area contributed by atoms with Crippen LogP contribution in [0.5, 0.6) is 0 Å². The summed E-state index contributed by atoms with van der Waals surface area (Å²) in [5, 5.41) is 2.67. The van der Waals surface area contributed by atoms with Gasteiger partial charge in [0, 0.05) is 5.38 Å². The maximum absolute atomic E-state index is 5.67. The van der Waals surface area contributed by atoms with Crippen molar-refractivity contribution in [3.05, 3.63) is 13.3 Å². The van der Waals surface area contributed by atoms with Gasteiger partial charge in [-0.25, -0.2) is 0 Å². The lowest BCUT2D eigenvalue weighted by atomic mass is 10.6. The van der Waals surface area contributed by atoms with Crippen molar-refractivity contribution in [2.24, 2.45) is 0 Å². The van der Waals surface area contributed by atoms with E-state index in [1.165, 1.54) is 2.88 Å². The zero-order valence-electron chi connectivity index (χ0n) is 3.95. The van der Waals surface area contributed by atoms with Crippen molar-refractivity contribution < 1.29 is 5.73 Å². The average Bonchev–Trinajstić information content (AvgIpc) is 1.98. The first-order valence-electron chi connectivity index (χ1n) is 1.96. The molecule has 1 aromatic heterocycles. The molecule has 0 fully saturated rings. The molecule has 0 aromatic carbocycles. The largest absolute Gasteiger partial charge is 0.322 e. The van der Waals surface area contributed by atoms with E-state index < -0.39 is 0 Å². The Balaban J connectivity index is 3.19. The van der Waals surface area contributed by atoms with Crippen molar-refractivity contribution in [2.45, 2.75) is 0 Å². The fourth-order valence-corrected chi connectivity index (χ4v) is 2.06. The van der Waals surface area contributed by atoms with Crippen LogP contribution in [-0.4, -0.2) is 0 Å². The van der Waals surface area contributed by atoms with Gasteiger partial charge in [0.2, 0.25) is 0 Å². The molecule has 8 heavy (non-hydrogen) atoms. The highest BCUT2D eigenvalue weighted by molar-refractivity contribution is 14.1. The summed E-state index contributed by atoms with van der Waals surface area (Å²) >= 11 is 9.51. The molecule has 1 heterocycles. The number of thiophene rings is 1. The van der Waals surface area contributed by atoms with Crippen LogP contribution in [-0.2, 0) is 0 Å². The third-order valence-electron chi connectivity index (χ3n) is 0.791. The number of halogens is 2. The zero-order chi connectivity index (χ0) is 6.15. The first-order chi connectivity index (χ1) is 3.72. The van der Waals surface area contributed by atoms with Gasteiger partial charge in [-0.3, -0.25) is 0 Å². The van der Waals surface area contributed by atoms with Crippen molar-refractivity contribution in [1.82, 2.24) is 0 Å². The van der Waals surface area contributed by atoms with Crippen LogP contribution in [0.2, 0.25) is 5.02 Å². The van der Waals surface area contributed by atoms with E-state index in [9.17, 15) is 0 Å². The van der Waals surface area contributed by atoms with Crippen molar-refractivity contribution in [2.75, 3.05) is 0 Å². The van der Waals surface area contributed by atoms with Gasteiger partial charge in [0.25, 0.3) is 0 Å². The summed E-state index contributed by atoms with van der Waals surface area (Å²) in [5.41, 5.74) is 4.71. The van der Waals surface area contributed by atoms with E-state index >= 15 is 0 Å². The first kappa shape index (κ1) is 6.80. The van der Waals surface area contributed by atoms with E-state index in [-0.39, 0.29) is 0 Å². The summed E-state index contributed by atoms with van der Waals surface area (Å²) in [7, 11) is 0. The van der Waals surface area contributed by atoms with Crippen LogP contribution in [0.1, 0.15) is 0 Å². The minimum absolute atomic E-state index is 0.777. The summed E-state index contributed by atoms with van der Waals surface area (Å²) in [4.78, 5) is 0. The second-order valence-corrected chi connectivity index (χ2v) is 4.43. The molecule has 0 aliphatic carbocycles. The monoisotopic (exact) mass is 260 g/mol. The fourth-order valence-electron chi connectivity index (χ4n) is 0.340. The lowest BCUT2D eigenvalue weighted by Crippen LogP contribution is -2.40. The Kier molecular flexibility index (Phi) is 2.13. The Bertz CT molecular complexity index is 178. The maximum atomic E-state index is 5.67. The van der Waals surface area contributed by atoms with Crippen molar-refractivity contribution >= 4 is 51.2 Å². The van der Waals surface area contributed by atoms with Gasteiger partial charge in [0.15, 0.2) is 5.69 Å². The molecule has 0 saturated carbocycles. The normalized spacial score (nSPS) is 9.88. The quantitative estimate of drug-likeness (QED) is 0.690. The molecule has 0 saturated heterocycles. The molecule has 0 unspecified atom stereocenters. The molecular weight excluding hydrogens is 256 g/mol. The third-order valence-corrected chi connectivity index (χ3v) is 3.48. The molecule has 3 N–H and O–H groups in total. The molecular formula is C4H4ClINS+. The topological polar surface area (TPSA) is 27.6 Å².